The molecule has 0 aliphatic carbocycles. The quantitative estimate of drug-likeness (QED) is 0.679. The third-order valence-electron chi connectivity index (χ3n) is 4.79. The molecule has 30 heavy (non-hydrogen) atoms. The maximum absolute atomic E-state index is 12.5. The zero-order chi connectivity index (χ0) is 21.7. The molecule has 1 heterocycles. The molecule has 1 saturated heterocycles. The van der Waals surface area contributed by atoms with Gasteiger partial charge in [-0.1, -0.05) is 11.6 Å². The number of piperidine rings is 1. The van der Waals surface area contributed by atoms with Crippen molar-refractivity contribution in [3.63, 3.8) is 0 Å². The van der Waals surface area contributed by atoms with Crippen LogP contribution < -0.4 is 10.0 Å². The molecule has 0 radical (unpaired) electrons. The minimum absolute atomic E-state index is 0.155. The van der Waals surface area contributed by atoms with Crippen LogP contribution in [0.1, 0.15) is 23.2 Å². The van der Waals surface area contributed by atoms with Crippen molar-refractivity contribution in [2.45, 2.75) is 23.8 Å². The van der Waals surface area contributed by atoms with Gasteiger partial charge in [0.1, 0.15) is 0 Å². The fraction of sp³-hybridized carbons (Fsp3) is 0.300. The van der Waals surface area contributed by atoms with E-state index in [9.17, 15) is 18.0 Å². The van der Waals surface area contributed by atoms with Crippen LogP contribution in [-0.2, 0) is 14.8 Å². The van der Waals surface area contributed by atoms with Crippen molar-refractivity contribution in [2.75, 3.05) is 25.5 Å². The largest absolute Gasteiger partial charge is 0.465 e. The Bertz CT molecular complexity index is 1000. The molecule has 0 saturated carbocycles. The highest BCUT2D eigenvalue weighted by atomic mass is 35.5. The Morgan fingerprint density at radius 1 is 1.03 bits per heavy atom. The van der Waals surface area contributed by atoms with Crippen LogP contribution in [0.25, 0.3) is 0 Å². The molecule has 2 aromatic rings. The highest BCUT2D eigenvalue weighted by molar-refractivity contribution is 7.89. The van der Waals surface area contributed by atoms with Gasteiger partial charge in [-0.25, -0.2) is 22.7 Å². The Hall–Kier alpha value is -2.62. The van der Waals surface area contributed by atoms with Gasteiger partial charge in [0.15, 0.2) is 0 Å². The molecule has 3 rings (SSSR count). The molecule has 160 valence electrons. The molecule has 0 aromatic heterocycles. The fourth-order valence-electron chi connectivity index (χ4n) is 3.11. The highest BCUT2D eigenvalue weighted by Gasteiger charge is 2.26. The second-order valence-corrected chi connectivity index (χ2v) is 8.99. The molecule has 1 aliphatic rings. The van der Waals surface area contributed by atoms with E-state index in [4.69, 9.17) is 11.6 Å². The summed E-state index contributed by atoms with van der Waals surface area (Å²) in [5.74, 6) is -0.448. The molecular formula is C20H22ClN3O5S. The molecule has 8 nitrogen and oxygen atoms in total. The van der Waals surface area contributed by atoms with E-state index >= 15 is 0 Å². The van der Waals surface area contributed by atoms with Crippen LogP contribution in [0.15, 0.2) is 53.4 Å². The van der Waals surface area contributed by atoms with E-state index in [-0.39, 0.29) is 17.0 Å². The van der Waals surface area contributed by atoms with Gasteiger partial charge in [0.2, 0.25) is 10.0 Å². The van der Waals surface area contributed by atoms with Crippen molar-refractivity contribution in [2.24, 2.45) is 0 Å². The first kappa shape index (κ1) is 22.1. The number of nitrogens with zero attached hydrogens (tertiary/aromatic N) is 1. The normalized spacial score (nSPS) is 14.9. The van der Waals surface area contributed by atoms with Gasteiger partial charge in [0.05, 0.1) is 17.6 Å². The zero-order valence-electron chi connectivity index (χ0n) is 16.3. The van der Waals surface area contributed by atoms with Crippen molar-refractivity contribution in [3.05, 3.63) is 59.1 Å². The third-order valence-corrected chi connectivity index (χ3v) is 6.57. The number of rotatable bonds is 5. The van der Waals surface area contributed by atoms with Crippen molar-refractivity contribution < 1.29 is 22.7 Å². The Labute approximate surface area is 180 Å². The number of nitrogens with one attached hydrogen (secondary N) is 2. The monoisotopic (exact) mass is 451 g/mol. The van der Waals surface area contributed by atoms with Crippen LogP contribution in [0.5, 0.6) is 0 Å². The first-order chi connectivity index (χ1) is 14.3. The summed E-state index contributed by atoms with van der Waals surface area (Å²) in [7, 11) is -2.34. The van der Waals surface area contributed by atoms with E-state index in [0.717, 1.165) is 0 Å². The second-order valence-electron chi connectivity index (χ2n) is 6.84. The maximum Gasteiger partial charge on any atom is 0.337 e. The Morgan fingerprint density at radius 2 is 1.63 bits per heavy atom. The number of anilines is 1. The number of urea groups is 1. The number of carbonyl (C=O) groups is 2. The SMILES string of the molecule is COC(=O)c1ccc(NC(=O)N2CCC(NS(=O)(=O)c3ccc(Cl)cc3)CC2)cc1. The predicted molar refractivity (Wildman–Crippen MR) is 113 cm³/mol. The van der Waals surface area contributed by atoms with E-state index < -0.39 is 16.0 Å². The van der Waals surface area contributed by atoms with Crippen molar-refractivity contribution in [1.82, 2.24) is 9.62 Å². The molecule has 0 spiro atoms. The number of esters is 1. The van der Waals surface area contributed by atoms with Crippen LogP contribution in [0.3, 0.4) is 0 Å². The second kappa shape index (κ2) is 9.46. The zero-order valence-corrected chi connectivity index (χ0v) is 17.9. The van der Waals surface area contributed by atoms with Crippen LogP contribution in [0.2, 0.25) is 5.02 Å². The van der Waals surface area contributed by atoms with Crippen molar-refractivity contribution in [3.8, 4) is 0 Å². The maximum atomic E-state index is 12.5. The van der Waals surface area contributed by atoms with Gasteiger partial charge in [-0.2, -0.15) is 0 Å². The molecule has 10 heteroatoms. The summed E-state index contributed by atoms with van der Waals surface area (Å²) in [6.45, 7) is 0.833. The van der Waals surface area contributed by atoms with Gasteiger partial charge in [-0.3, -0.25) is 0 Å². The van der Waals surface area contributed by atoms with E-state index in [1.807, 2.05) is 0 Å². The van der Waals surface area contributed by atoms with Crippen LogP contribution in [0, 0.1) is 0 Å². The molecule has 2 amide bonds. The van der Waals surface area contributed by atoms with Crippen molar-refractivity contribution in [1.29, 1.82) is 0 Å². The Morgan fingerprint density at radius 3 is 2.20 bits per heavy atom. The van der Waals surface area contributed by atoms with Gasteiger partial charge in [-0.05, 0) is 61.4 Å². The molecule has 2 aromatic carbocycles. The first-order valence-electron chi connectivity index (χ1n) is 9.31. The summed E-state index contributed by atoms with van der Waals surface area (Å²) >= 11 is 5.81. The van der Waals surface area contributed by atoms with Gasteiger partial charge in [0.25, 0.3) is 0 Å². The van der Waals surface area contributed by atoms with E-state index in [1.54, 1.807) is 29.2 Å². The third kappa shape index (κ3) is 5.50. The number of ether oxygens (including phenoxy) is 1. The number of carbonyl (C=O) groups excluding carboxylic acids is 2. The van der Waals surface area contributed by atoms with Crippen molar-refractivity contribution >= 4 is 39.3 Å². The van der Waals surface area contributed by atoms with Crippen LogP contribution >= 0.6 is 11.6 Å². The number of benzene rings is 2. The molecule has 1 aliphatic heterocycles. The summed E-state index contributed by atoms with van der Waals surface area (Å²) in [6, 6.07) is 11.8. The average molecular weight is 452 g/mol. The lowest BCUT2D eigenvalue weighted by atomic mass is 10.1. The summed E-state index contributed by atoms with van der Waals surface area (Å²) in [4.78, 5) is 25.7. The predicted octanol–water partition coefficient (Wildman–Crippen LogP) is 3.10. The average Bonchev–Trinajstić information content (AvgIpc) is 2.74. The standard InChI is InChI=1S/C20H22ClN3O5S/c1-29-19(25)14-2-6-16(7-3-14)22-20(26)24-12-10-17(11-13-24)23-30(27,28)18-8-4-15(21)5-9-18/h2-9,17,23H,10-13H2,1H3,(H,22,26). The number of halogens is 1. The summed E-state index contributed by atoms with van der Waals surface area (Å²) in [6.07, 6.45) is 1.00. The number of sulfonamides is 1. The highest BCUT2D eigenvalue weighted by Crippen LogP contribution is 2.18. The van der Waals surface area contributed by atoms with E-state index in [1.165, 1.54) is 31.4 Å². The number of methoxy groups -OCH3 is 1. The lowest BCUT2D eigenvalue weighted by Gasteiger charge is -2.32. The number of hydrogen-bond donors (Lipinski definition) is 2. The molecular weight excluding hydrogens is 430 g/mol. The molecule has 1 fully saturated rings. The first-order valence-corrected chi connectivity index (χ1v) is 11.2. The lowest BCUT2D eigenvalue weighted by molar-refractivity contribution is 0.0600. The molecule has 0 unspecified atom stereocenters. The van der Waals surface area contributed by atoms with Gasteiger partial charge in [-0.15, -0.1) is 0 Å². The van der Waals surface area contributed by atoms with Crippen LogP contribution in [-0.4, -0.2) is 51.6 Å². The number of hydrogen-bond acceptors (Lipinski definition) is 5. The number of likely N-dealkylation sites (tertiary alicyclic amines) is 1. The Kier molecular flexibility index (Phi) is 6.96. The van der Waals surface area contributed by atoms with Gasteiger partial charge >= 0.3 is 12.0 Å². The summed E-state index contributed by atoms with van der Waals surface area (Å²) in [5, 5.41) is 3.24. The molecule has 0 atom stereocenters. The summed E-state index contributed by atoms with van der Waals surface area (Å²) < 4.78 is 32.3. The summed E-state index contributed by atoms with van der Waals surface area (Å²) in [5.41, 5.74) is 0.947. The van der Waals surface area contributed by atoms with Gasteiger partial charge in [0, 0.05) is 29.8 Å². The Balaban J connectivity index is 1.51. The van der Waals surface area contributed by atoms with Crippen LogP contribution in [0.4, 0.5) is 10.5 Å². The minimum Gasteiger partial charge on any atom is -0.465 e. The molecule has 2 N–H and O–H groups in total. The lowest BCUT2D eigenvalue weighted by Crippen LogP contribution is -2.47. The van der Waals surface area contributed by atoms with E-state index in [2.05, 4.69) is 14.8 Å². The minimum atomic E-state index is -3.64. The number of amides is 2. The topological polar surface area (TPSA) is 105 Å². The smallest absolute Gasteiger partial charge is 0.337 e. The molecule has 0 bridgehead atoms. The van der Waals surface area contributed by atoms with Gasteiger partial charge < -0.3 is 15.0 Å². The fourth-order valence-corrected chi connectivity index (χ4v) is 4.54. The van der Waals surface area contributed by atoms with E-state index in [0.29, 0.717) is 42.2 Å².